The molecule has 4 rings (SSSR count). The third kappa shape index (κ3) is 2.11. The quantitative estimate of drug-likeness (QED) is 0.730. The van der Waals surface area contributed by atoms with Gasteiger partial charge in [0.2, 0.25) is 0 Å². The maximum Gasteiger partial charge on any atom is 0.263 e. The van der Waals surface area contributed by atoms with Crippen molar-refractivity contribution in [3.05, 3.63) is 41.6 Å². The first kappa shape index (κ1) is 13.4. The number of thiazole rings is 1. The number of aryl methyl sites for hydroxylation is 3. The molecule has 0 unspecified atom stereocenters. The standard InChI is InChI=1S/C14H13N3OS3/c1-7-6-20-10(15-7)5-17-13(18)11-8-3-2-4-9(8)21-12(11)16-14(17)19/h6H,2-5H2,1H3,(H,16,19). The van der Waals surface area contributed by atoms with E-state index in [0.717, 1.165) is 40.2 Å². The molecule has 108 valence electrons. The third-order valence-corrected chi connectivity index (χ3v) is 6.29. The molecule has 0 amide bonds. The van der Waals surface area contributed by atoms with E-state index in [4.69, 9.17) is 12.2 Å². The van der Waals surface area contributed by atoms with Gasteiger partial charge in [0.25, 0.3) is 5.56 Å². The number of hydrogen-bond acceptors (Lipinski definition) is 5. The van der Waals surface area contributed by atoms with Crippen molar-refractivity contribution in [3.63, 3.8) is 0 Å². The molecule has 7 heteroatoms. The zero-order valence-electron chi connectivity index (χ0n) is 11.4. The number of nitrogens with one attached hydrogen (secondary N) is 1. The Kier molecular flexibility index (Phi) is 3.09. The Bertz CT molecular complexity index is 960. The van der Waals surface area contributed by atoms with E-state index in [1.165, 1.54) is 10.4 Å². The minimum absolute atomic E-state index is 0.0287. The molecule has 0 bridgehead atoms. The maximum absolute atomic E-state index is 12.8. The summed E-state index contributed by atoms with van der Waals surface area (Å²) in [6, 6.07) is 0. The summed E-state index contributed by atoms with van der Waals surface area (Å²) in [5.41, 5.74) is 2.24. The van der Waals surface area contributed by atoms with Gasteiger partial charge < -0.3 is 4.98 Å². The van der Waals surface area contributed by atoms with Gasteiger partial charge in [-0.2, -0.15) is 0 Å². The Morgan fingerprint density at radius 3 is 3.10 bits per heavy atom. The zero-order chi connectivity index (χ0) is 14.6. The van der Waals surface area contributed by atoms with Crippen molar-refractivity contribution in [2.45, 2.75) is 32.7 Å². The van der Waals surface area contributed by atoms with Crippen LogP contribution in [0, 0.1) is 11.7 Å². The third-order valence-electron chi connectivity index (χ3n) is 3.81. The first-order valence-corrected chi connectivity index (χ1v) is 8.92. The number of nitrogens with zero attached hydrogens (tertiary/aromatic N) is 2. The molecule has 0 spiro atoms. The second-order valence-electron chi connectivity index (χ2n) is 5.27. The smallest absolute Gasteiger partial charge is 0.263 e. The molecule has 4 nitrogen and oxygen atoms in total. The van der Waals surface area contributed by atoms with E-state index in [-0.39, 0.29) is 5.56 Å². The van der Waals surface area contributed by atoms with Crippen LogP contribution in [0.15, 0.2) is 10.2 Å². The van der Waals surface area contributed by atoms with Crippen LogP contribution < -0.4 is 5.56 Å². The van der Waals surface area contributed by atoms with Crippen LogP contribution >= 0.6 is 34.9 Å². The molecule has 1 aliphatic carbocycles. The number of H-pyrrole nitrogens is 1. The molecule has 0 saturated heterocycles. The summed E-state index contributed by atoms with van der Waals surface area (Å²) in [6.07, 6.45) is 3.24. The number of rotatable bonds is 2. The summed E-state index contributed by atoms with van der Waals surface area (Å²) in [5.74, 6) is 0. The molecule has 0 saturated carbocycles. The van der Waals surface area contributed by atoms with Gasteiger partial charge in [-0.3, -0.25) is 9.36 Å². The Balaban J connectivity index is 1.93. The molecule has 0 atom stereocenters. The molecule has 0 aliphatic heterocycles. The van der Waals surface area contributed by atoms with Crippen LogP contribution in [-0.4, -0.2) is 14.5 Å². The molecule has 3 heterocycles. The summed E-state index contributed by atoms with van der Waals surface area (Å²) in [7, 11) is 0. The van der Waals surface area contributed by atoms with E-state index in [2.05, 4.69) is 9.97 Å². The van der Waals surface area contributed by atoms with Gasteiger partial charge in [-0.15, -0.1) is 22.7 Å². The highest BCUT2D eigenvalue weighted by Gasteiger charge is 2.21. The molecule has 21 heavy (non-hydrogen) atoms. The van der Waals surface area contributed by atoms with Crippen molar-refractivity contribution in [2.24, 2.45) is 0 Å². The van der Waals surface area contributed by atoms with Crippen LogP contribution in [0.3, 0.4) is 0 Å². The van der Waals surface area contributed by atoms with Gasteiger partial charge in [0.15, 0.2) is 4.77 Å². The lowest BCUT2D eigenvalue weighted by Crippen LogP contribution is -2.22. The Morgan fingerprint density at radius 2 is 2.33 bits per heavy atom. The second kappa shape index (κ2) is 4.86. The van der Waals surface area contributed by atoms with Gasteiger partial charge in [-0.1, -0.05) is 0 Å². The van der Waals surface area contributed by atoms with Crippen molar-refractivity contribution in [2.75, 3.05) is 0 Å². The highest BCUT2D eigenvalue weighted by atomic mass is 32.1. The SMILES string of the molecule is Cc1csc(Cn2c(=S)[nH]c3sc4c(c3c2=O)CCC4)n1. The number of hydrogen-bond donors (Lipinski definition) is 1. The fraction of sp³-hybridized carbons (Fsp3) is 0.357. The average molecular weight is 335 g/mol. The Labute approximate surface area is 134 Å². The first-order chi connectivity index (χ1) is 10.1. The Morgan fingerprint density at radius 1 is 1.48 bits per heavy atom. The lowest BCUT2D eigenvalue weighted by atomic mass is 10.2. The van der Waals surface area contributed by atoms with E-state index in [1.54, 1.807) is 27.2 Å². The summed E-state index contributed by atoms with van der Waals surface area (Å²) >= 11 is 8.62. The molecule has 0 aromatic carbocycles. The first-order valence-electron chi connectivity index (χ1n) is 6.82. The summed E-state index contributed by atoms with van der Waals surface area (Å²) in [4.78, 5) is 22.8. The zero-order valence-corrected chi connectivity index (χ0v) is 13.9. The molecular formula is C14H13N3OS3. The van der Waals surface area contributed by atoms with E-state index >= 15 is 0 Å². The molecule has 3 aromatic heterocycles. The minimum atomic E-state index is 0.0287. The van der Waals surface area contributed by atoms with Crippen molar-refractivity contribution in [1.82, 2.24) is 14.5 Å². The number of aromatic amines is 1. The van der Waals surface area contributed by atoms with Gasteiger partial charge >= 0.3 is 0 Å². The van der Waals surface area contributed by atoms with Gasteiger partial charge in [-0.25, -0.2) is 4.98 Å². The molecule has 0 fully saturated rings. The van der Waals surface area contributed by atoms with E-state index in [1.807, 2.05) is 12.3 Å². The van der Waals surface area contributed by atoms with Gasteiger partial charge in [0.1, 0.15) is 9.84 Å². The number of thiophene rings is 1. The van der Waals surface area contributed by atoms with Gasteiger partial charge in [-0.05, 0) is 44.0 Å². The summed E-state index contributed by atoms with van der Waals surface area (Å²) in [5, 5.41) is 3.75. The predicted octanol–water partition coefficient (Wildman–Crippen LogP) is 3.42. The molecule has 1 N–H and O–H groups in total. The lowest BCUT2D eigenvalue weighted by Gasteiger charge is -2.05. The summed E-state index contributed by atoms with van der Waals surface area (Å²) in [6.45, 7) is 2.41. The van der Waals surface area contributed by atoms with Crippen molar-refractivity contribution < 1.29 is 0 Å². The molecular weight excluding hydrogens is 322 g/mol. The number of aromatic nitrogens is 3. The lowest BCUT2D eigenvalue weighted by molar-refractivity contribution is 0.728. The van der Waals surface area contributed by atoms with Gasteiger partial charge in [0, 0.05) is 16.0 Å². The Hall–Kier alpha value is -1.31. The molecule has 1 aliphatic rings. The van der Waals surface area contributed by atoms with E-state index in [0.29, 0.717) is 11.3 Å². The fourth-order valence-corrected chi connectivity index (χ4v) is 5.22. The number of fused-ring (bicyclic) bond motifs is 3. The molecule has 0 radical (unpaired) electrons. The van der Waals surface area contributed by atoms with Gasteiger partial charge in [0.05, 0.1) is 11.9 Å². The van der Waals surface area contributed by atoms with E-state index in [9.17, 15) is 4.79 Å². The van der Waals surface area contributed by atoms with Crippen LogP contribution in [0.5, 0.6) is 0 Å². The second-order valence-corrected chi connectivity index (χ2v) is 7.70. The van der Waals surface area contributed by atoms with E-state index < -0.39 is 0 Å². The van der Waals surface area contributed by atoms with Crippen LogP contribution in [0.4, 0.5) is 0 Å². The minimum Gasteiger partial charge on any atom is -0.323 e. The predicted molar refractivity (Wildman–Crippen MR) is 89.2 cm³/mol. The van der Waals surface area contributed by atoms with Crippen LogP contribution in [0.25, 0.3) is 10.2 Å². The fourth-order valence-electron chi connectivity index (χ4n) is 2.86. The monoisotopic (exact) mass is 335 g/mol. The normalized spacial score (nSPS) is 14.0. The summed E-state index contributed by atoms with van der Waals surface area (Å²) < 4.78 is 2.13. The van der Waals surface area contributed by atoms with Crippen LogP contribution in [0.2, 0.25) is 0 Å². The van der Waals surface area contributed by atoms with Crippen molar-refractivity contribution in [1.29, 1.82) is 0 Å². The molecule has 3 aromatic rings. The van der Waals surface area contributed by atoms with Crippen molar-refractivity contribution in [3.8, 4) is 0 Å². The average Bonchev–Trinajstić information content (AvgIpc) is 3.10. The van der Waals surface area contributed by atoms with Crippen LogP contribution in [-0.2, 0) is 19.4 Å². The highest BCUT2D eigenvalue weighted by molar-refractivity contribution is 7.71. The van der Waals surface area contributed by atoms with Crippen molar-refractivity contribution >= 4 is 45.1 Å². The maximum atomic E-state index is 12.8. The topological polar surface area (TPSA) is 50.7 Å². The van der Waals surface area contributed by atoms with Crippen LogP contribution in [0.1, 0.15) is 27.6 Å². The largest absolute Gasteiger partial charge is 0.323 e. The highest BCUT2D eigenvalue weighted by Crippen LogP contribution is 2.34.